The second kappa shape index (κ2) is 8.18. The first-order valence-electron chi connectivity index (χ1n) is 8.46. The molecule has 140 valence electrons. The second-order valence-electron chi connectivity index (χ2n) is 6.46. The van der Waals surface area contributed by atoms with E-state index >= 15 is 0 Å². The Bertz CT molecular complexity index is 905. The van der Waals surface area contributed by atoms with E-state index in [9.17, 15) is 4.79 Å². The maximum atomic E-state index is 12.5. The number of carbonyl (C=O) groups is 1. The molecule has 0 saturated carbocycles. The van der Waals surface area contributed by atoms with Gasteiger partial charge in [0, 0.05) is 44.0 Å². The highest BCUT2D eigenvalue weighted by atomic mass is 35.5. The molecular weight excluding hydrogens is 364 g/mol. The Labute approximate surface area is 163 Å². The van der Waals surface area contributed by atoms with Crippen LogP contribution in [0.15, 0.2) is 48.5 Å². The van der Waals surface area contributed by atoms with Crippen molar-refractivity contribution >= 4 is 23.2 Å². The van der Waals surface area contributed by atoms with Crippen molar-refractivity contribution in [1.82, 2.24) is 25.1 Å². The van der Waals surface area contributed by atoms with Crippen molar-refractivity contribution in [2.24, 2.45) is 0 Å². The first-order valence-corrected chi connectivity index (χ1v) is 8.84. The fourth-order valence-corrected chi connectivity index (χ4v) is 2.65. The van der Waals surface area contributed by atoms with Crippen LogP contribution >= 0.6 is 11.6 Å². The topological polar surface area (TPSA) is 67.2 Å². The highest BCUT2D eigenvalue weighted by Crippen LogP contribution is 2.17. The molecule has 0 saturated heterocycles. The lowest BCUT2D eigenvalue weighted by Gasteiger charge is -2.18. The van der Waals surface area contributed by atoms with Crippen molar-refractivity contribution in [2.75, 3.05) is 26.0 Å². The van der Waals surface area contributed by atoms with Gasteiger partial charge in [0.2, 0.25) is 11.7 Å². The molecule has 0 bridgehead atoms. The quantitative estimate of drug-likeness (QED) is 0.653. The van der Waals surface area contributed by atoms with E-state index in [0.29, 0.717) is 17.4 Å². The molecule has 0 radical (unpaired) electrons. The van der Waals surface area contributed by atoms with Crippen LogP contribution in [0.3, 0.4) is 0 Å². The van der Waals surface area contributed by atoms with Crippen molar-refractivity contribution in [1.29, 1.82) is 0 Å². The summed E-state index contributed by atoms with van der Waals surface area (Å²) in [5, 5.41) is 12.9. The summed E-state index contributed by atoms with van der Waals surface area (Å²) < 4.78 is 0. The molecule has 1 aromatic heterocycles. The van der Waals surface area contributed by atoms with Crippen molar-refractivity contribution in [2.45, 2.75) is 13.1 Å². The number of hydrogen-bond donors (Lipinski definition) is 0. The molecule has 8 heteroatoms. The monoisotopic (exact) mass is 384 g/mol. The van der Waals surface area contributed by atoms with E-state index in [1.165, 1.54) is 4.80 Å². The van der Waals surface area contributed by atoms with Gasteiger partial charge in [-0.25, -0.2) is 0 Å². The number of amides is 1. The predicted octanol–water partition coefficient (Wildman–Crippen LogP) is 2.72. The fourth-order valence-electron chi connectivity index (χ4n) is 2.53. The molecule has 0 aliphatic heterocycles. The molecule has 0 atom stereocenters. The summed E-state index contributed by atoms with van der Waals surface area (Å²) in [6.07, 6.45) is 0. The molecule has 27 heavy (non-hydrogen) atoms. The standard InChI is InChI=1S/C19H21ClN6O/c1-24(2)17-10-4-14(5-11-17)12-25(3)18(27)13-26-22-19(21-23-26)15-6-8-16(20)9-7-15/h4-11H,12-13H2,1-3H3. The van der Waals surface area contributed by atoms with Gasteiger partial charge < -0.3 is 9.80 Å². The summed E-state index contributed by atoms with van der Waals surface area (Å²) in [5.74, 6) is 0.369. The minimum atomic E-state index is -0.0910. The lowest BCUT2D eigenvalue weighted by molar-refractivity contribution is -0.131. The minimum Gasteiger partial charge on any atom is -0.378 e. The average molecular weight is 385 g/mol. The number of aromatic nitrogens is 4. The molecule has 3 aromatic rings. The van der Waals surface area contributed by atoms with Crippen LogP contribution in [0.4, 0.5) is 5.69 Å². The Hall–Kier alpha value is -2.93. The summed E-state index contributed by atoms with van der Waals surface area (Å²) >= 11 is 5.88. The van der Waals surface area contributed by atoms with Gasteiger partial charge in [0.05, 0.1) is 0 Å². The molecule has 0 aliphatic rings. The zero-order valence-electron chi connectivity index (χ0n) is 15.5. The van der Waals surface area contributed by atoms with Crippen molar-refractivity contribution in [3.8, 4) is 11.4 Å². The highest BCUT2D eigenvalue weighted by molar-refractivity contribution is 6.30. The van der Waals surface area contributed by atoms with E-state index in [0.717, 1.165) is 16.8 Å². The maximum absolute atomic E-state index is 12.5. The van der Waals surface area contributed by atoms with Crippen molar-refractivity contribution < 1.29 is 4.79 Å². The molecule has 0 spiro atoms. The number of nitrogens with zero attached hydrogens (tertiary/aromatic N) is 6. The third-order valence-electron chi connectivity index (χ3n) is 4.13. The van der Waals surface area contributed by atoms with Gasteiger partial charge in [-0.2, -0.15) is 4.80 Å². The zero-order chi connectivity index (χ0) is 19.4. The molecule has 2 aromatic carbocycles. The lowest BCUT2D eigenvalue weighted by Crippen LogP contribution is -2.30. The van der Waals surface area contributed by atoms with Gasteiger partial charge in [0.25, 0.3) is 0 Å². The molecule has 1 amide bonds. The molecule has 7 nitrogen and oxygen atoms in total. The zero-order valence-corrected chi connectivity index (χ0v) is 16.3. The smallest absolute Gasteiger partial charge is 0.246 e. The molecule has 0 N–H and O–H groups in total. The van der Waals surface area contributed by atoms with E-state index in [1.807, 2.05) is 55.4 Å². The van der Waals surface area contributed by atoms with E-state index in [-0.39, 0.29) is 12.5 Å². The van der Waals surface area contributed by atoms with Gasteiger partial charge in [-0.3, -0.25) is 4.79 Å². The number of rotatable bonds is 6. The summed E-state index contributed by atoms with van der Waals surface area (Å²) in [6, 6.07) is 15.3. The number of tetrazole rings is 1. The first-order chi connectivity index (χ1) is 12.9. The molecular formula is C19H21ClN6O. The van der Waals surface area contributed by atoms with Gasteiger partial charge in [0.1, 0.15) is 6.54 Å². The first kappa shape index (κ1) is 18.8. The van der Waals surface area contributed by atoms with Crippen LogP contribution in [0, 0.1) is 0 Å². The second-order valence-corrected chi connectivity index (χ2v) is 6.90. The third-order valence-corrected chi connectivity index (χ3v) is 4.38. The largest absolute Gasteiger partial charge is 0.378 e. The van der Waals surface area contributed by atoms with Gasteiger partial charge in [-0.05, 0) is 47.2 Å². The highest BCUT2D eigenvalue weighted by Gasteiger charge is 2.13. The Kier molecular flexibility index (Phi) is 5.71. The Balaban J connectivity index is 1.60. The van der Waals surface area contributed by atoms with E-state index < -0.39 is 0 Å². The third kappa shape index (κ3) is 4.83. The average Bonchev–Trinajstić information content (AvgIpc) is 3.11. The van der Waals surface area contributed by atoms with Crippen LogP contribution in [-0.2, 0) is 17.9 Å². The SMILES string of the molecule is CN(Cc1ccc(N(C)C)cc1)C(=O)Cn1nnc(-c2ccc(Cl)cc2)n1. The van der Waals surface area contributed by atoms with E-state index in [1.54, 1.807) is 24.1 Å². The normalized spacial score (nSPS) is 10.7. The van der Waals surface area contributed by atoms with Crippen LogP contribution in [-0.4, -0.2) is 52.2 Å². The van der Waals surface area contributed by atoms with Crippen molar-refractivity contribution in [3.63, 3.8) is 0 Å². The summed E-state index contributed by atoms with van der Waals surface area (Å²) in [4.78, 5) is 17.4. The Morgan fingerprint density at radius 1 is 1.04 bits per heavy atom. The van der Waals surface area contributed by atoms with Gasteiger partial charge in [-0.15, -0.1) is 10.2 Å². The number of hydrogen-bond acceptors (Lipinski definition) is 5. The predicted molar refractivity (Wildman–Crippen MR) is 106 cm³/mol. The molecule has 0 unspecified atom stereocenters. The van der Waals surface area contributed by atoms with E-state index in [2.05, 4.69) is 15.4 Å². The summed E-state index contributed by atoms with van der Waals surface area (Å²) in [7, 11) is 5.75. The van der Waals surface area contributed by atoms with Crippen LogP contribution in [0.2, 0.25) is 5.02 Å². The van der Waals surface area contributed by atoms with Crippen molar-refractivity contribution in [3.05, 3.63) is 59.1 Å². The number of benzene rings is 2. The molecule has 1 heterocycles. The number of likely N-dealkylation sites (N-methyl/N-ethyl adjacent to an activating group) is 1. The van der Waals surface area contributed by atoms with E-state index in [4.69, 9.17) is 11.6 Å². The van der Waals surface area contributed by atoms with Crippen LogP contribution in [0.5, 0.6) is 0 Å². The van der Waals surface area contributed by atoms with Gasteiger partial charge in [0.15, 0.2) is 0 Å². The Morgan fingerprint density at radius 3 is 2.33 bits per heavy atom. The molecule has 3 rings (SSSR count). The van der Waals surface area contributed by atoms with Gasteiger partial charge in [-0.1, -0.05) is 23.7 Å². The van der Waals surface area contributed by atoms with Crippen LogP contribution in [0.25, 0.3) is 11.4 Å². The minimum absolute atomic E-state index is 0.0346. The van der Waals surface area contributed by atoms with Gasteiger partial charge >= 0.3 is 0 Å². The Morgan fingerprint density at radius 2 is 1.70 bits per heavy atom. The summed E-state index contributed by atoms with van der Waals surface area (Å²) in [5.41, 5.74) is 2.98. The fraction of sp³-hybridized carbons (Fsp3) is 0.263. The summed E-state index contributed by atoms with van der Waals surface area (Å²) in [6.45, 7) is 0.554. The number of carbonyl (C=O) groups excluding carboxylic acids is 1. The molecule has 0 aliphatic carbocycles. The van der Waals surface area contributed by atoms with Crippen LogP contribution in [0.1, 0.15) is 5.56 Å². The van der Waals surface area contributed by atoms with Crippen LogP contribution < -0.4 is 4.90 Å². The number of anilines is 1. The number of halogens is 1. The lowest BCUT2D eigenvalue weighted by atomic mass is 10.2. The molecule has 0 fully saturated rings. The maximum Gasteiger partial charge on any atom is 0.246 e.